The number of aromatic nitrogens is 3. The lowest BCUT2D eigenvalue weighted by Gasteiger charge is -2.17. The molecule has 0 atom stereocenters. The molecule has 1 N–H and O–H groups in total. The fourth-order valence-corrected chi connectivity index (χ4v) is 3.33. The number of carbonyl (C=O) groups is 1. The zero-order valence-electron chi connectivity index (χ0n) is 14.4. The van der Waals surface area contributed by atoms with Crippen LogP contribution in [0.3, 0.4) is 0 Å². The molecule has 0 radical (unpaired) electrons. The van der Waals surface area contributed by atoms with Gasteiger partial charge in [0.05, 0.1) is 18.9 Å². The molecule has 0 amide bonds. The molecule has 0 aliphatic heterocycles. The van der Waals surface area contributed by atoms with Crippen LogP contribution in [0.2, 0.25) is 0 Å². The molecule has 1 aliphatic carbocycles. The van der Waals surface area contributed by atoms with Gasteiger partial charge in [-0.2, -0.15) is 5.10 Å². The lowest BCUT2D eigenvalue weighted by Crippen LogP contribution is -2.11. The summed E-state index contributed by atoms with van der Waals surface area (Å²) in [6, 6.07) is 8.91. The van der Waals surface area contributed by atoms with E-state index in [1.165, 1.54) is 23.4 Å². The molecule has 1 fully saturated rings. The lowest BCUT2D eigenvalue weighted by molar-refractivity contribution is 0.0690. The Morgan fingerprint density at radius 2 is 2.00 bits per heavy atom. The van der Waals surface area contributed by atoms with Crippen LogP contribution in [-0.2, 0) is 0 Å². The molecule has 4 rings (SSSR count). The summed E-state index contributed by atoms with van der Waals surface area (Å²) in [5.74, 6) is 0.284. The average Bonchev–Trinajstić information content (AvgIpc) is 3.30. The summed E-state index contributed by atoms with van der Waals surface area (Å²) in [4.78, 5) is 15.4. The molecule has 0 unspecified atom stereocenters. The Labute approximate surface area is 150 Å². The second-order valence-corrected chi connectivity index (χ2v) is 6.32. The Morgan fingerprint density at radius 1 is 1.19 bits per heavy atom. The van der Waals surface area contributed by atoms with Crippen molar-refractivity contribution < 1.29 is 19.4 Å². The fraction of sp³-hybridized carbons (Fsp3) is 0.316. The van der Waals surface area contributed by atoms with Gasteiger partial charge in [-0.15, -0.1) is 0 Å². The van der Waals surface area contributed by atoms with Crippen LogP contribution >= 0.6 is 0 Å². The SMILES string of the molecule is COc1ccc(-c2ccnc3cc(C(=O)O)nn23)cc1OC1CCCC1. The smallest absolute Gasteiger partial charge is 0.356 e. The molecule has 7 heteroatoms. The maximum Gasteiger partial charge on any atom is 0.356 e. The first-order valence-electron chi connectivity index (χ1n) is 8.59. The number of ether oxygens (including phenoxy) is 2. The predicted molar refractivity (Wildman–Crippen MR) is 94.8 cm³/mol. The van der Waals surface area contributed by atoms with Gasteiger partial charge in [-0.3, -0.25) is 0 Å². The third-order valence-electron chi connectivity index (χ3n) is 4.63. The van der Waals surface area contributed by atoms with Crippen LogP contribution in [0.1, 0.15) is 36.2 Å². The van der Waals surface area contributed by atoms with Crippen LogP contribution in [0.4, 0.5) is 0 Å². The molecule has 1 saturated carbocycles. The standard InChI is InChI=1S/C19H19N3O4/c1-25-16-7-6-12(10-17(16)26-13-4-2-3-5-13)15-8-9-20-18-11-14(19(23)24)21-22(15)18/h6-11,13H,2-5H2,1H3,(H,23,24). The number of rotatable bonds is 5. The fourth-order valence-electron chi connectivity index (χ4n) is 3.33. The molecule has 1 aromatic carbocycles. The van der Waals surface area contributed by atoms with E-state index in [0.717, 1.165) is 24.1 Å². The van der Waals surface area contributed by atoms with Crippen molar-refractivity contribution in [2.75, 3.05) is 7.11 Å². The summed E-state index contributed by atoms with van der Waals surface area (Å²) in [5, 5.41) is 13.3. The number of hydrogen-bond acceptors (Lipinski definition) is 5. The van der Waals surface area contributed by atoms with Crippen molar-refractivity contribution in [1.29, 1.82) is 0 Å². The maximum atomic E-state index is 11.2. The molecule has 0 spiro atoms. The monoisotopic (exact) mass is 353 g/mol. The van der Waals surface area contributed by atoms with Gasteiger partial charge in [-0.05, 0) is 49.9 Å². The van der Waals surface area contributed by atoms with E-state index in [-0.39, 0.29) is 11.8 Å². The van der Waals surface area contributed by atoms with Crippen LogP contribution in [0, 0.1) is 0 Å². The molecule has 0 bridgehead atoms. The summed E-state index contributed by atoms with van der Waals surface area (Å²) in [5.41, 5.74) is 2.03. The van der Waals surface area contributed by atoms with E-state index in [1.54, 1.807) is 19.4 Å². The van der Waals surface area contributed by atoms with Gasteiger partial charge in [0.1, 0.15) is 0 Å². The quantitative estimate of drug-likeness (QED) is 0.756. The van der Waals surface area contributed by atoms with Crippen molar-refractivity contribution in [2.45, 2.75) is 31.8 Å². The summed E-state index contributed by atoms with van der Waals surface area (Å²) in [6.07, 6.45) is 6.31. The van der Waals surface area contributed by atoms with Crippen molar-refractivity contribution in [1.82, 2.24) is 14.6 Å². The molecule has 1 aliphatic rings. The normalized spacial score (nSPS) is 14.7. The summed E-state index contributed by atoms with van der Waals surface area (Å²) in [6.45, 7) is 0. The molecule has 26 heavy (non-hydrogen) atoms. The first-order chi connectivity index (χ1) is 12.7. The number of nitrogens with zero attached hydrogens (tertiary/aromatic N) is 3. The highest BCUT2D eigenvalue weighted by Gasteiger charge is 2.19. The molecule has 2 heterocycles. The van der Waals surface area contributed by atoms with Crippen LogP contribution in [0.25, 0.3) is 16.9 Å². The number of methoxy groups -OCH3 is 1. The minimum absolute atomic E-state index is 0.0408. The molecule has 134 valence electrons. The van der Waals surface area contributed by atoms with E-state index in [9.17, 15) is 9.90 Å². The minimum atomic E-state index is -1.08. The molecule has 7 nitrogen and oxygen atoms in total. The molecule has 0 saturated heterocycles. The Morgan fingerprint density at radius 3 is 2.73 bits per heavy atom. The number of aromatic carboxylic acids is 1. The zero-order chi connectivity index (χ0) is 18.1. The lowest BCUT2D eigenvalue weighted by atomic mass is 10.1. The highest BCUT2D eigenvalue weighted by molar-refractivity contribution is 5.87. The van der Waals surface area contributed by atoms with E-state index >= 15 is 0 Å². The van der Waals surface area contributed by atoms with Gasteiger partial charge in [0.2, 0.25) is 0 Å². The van der Waals surface area contributed by atoms with Crippen molar-refractivity contribution in [3.05, 3.63) is 42.2 Å². The van der Waals surface area contributed by atoms with Crippen molar-refractivity contribution >= 4 is 11.6 Å². The number of benzene rings is 1. The maximum absolute atomic E-state index is 11.2. The van der Waals surface area contributed by atoms with Crippen LogP contribution < -0.4 is 9.47 Å². The molecular weight excluding hydrogens is 334 g/mol. The van der Waals surface area contributed by atoms with Gasteiger partial charge in [0, 0.05) is 17.8 Å². The summed E-state index contributed by atoms with van der Waals surface area (Å²) >= 11 is 0. The van der Waals surface area contributed by atoms with E-state index in [4.69, 9.17) is 9.47 Å². The average molecular weight is 353 g/mol. The second kappa shape index (κ2) is 6.67. The molecular formula is C19H19N3O4. The largest absolute Gasteiger partial charge is 0.493 e. The number of carboxylic acid groups (broad SMARTS) is 1. The van der Waals surface area contributed by atoms with Gasteiger partial charge < -0.3 is 14.6 Å². The first kappa shape index (κ1) is 16.4. The van der Waals surface area contributed by atoms with E-state index < -0.39 is 5.97 Å². The van der Waals surface area contributed by atoms with Crippen molar-refractivity contribution in [2.24, 2.45) is 0 Å². The molecule has 2 aromatic heterocycles. The van der Waals surface area contributed by atoms with Gasteiger partial charge >= 0.3 is 5.97 Å². The summed E-state index contributed by atoms with van der Waals surface area (Å²) < 4.78 is 13.1. The van der Waals surface area contributed by atoms with Gasteiger partial charge in [-0.25, -0.2) is 14.3 Å². The van der Waals surface area contributed by atoms with E-state index in [2.05, 4.69) is 10.1 Å². The number of hydrogen-bond donors (Lipinski definition) is 1. The Hall–Kier alpha value is -3.09. The third kappa shape index (κ3) is 2.96. The Bertz CT molecular complexity index is 961. The summed E-state index contributed by atoms with van der Waals surface area (Å²) in [7, 11) is 1.62. The van der Waals surface area contributed by atoms with Gasteiger partial charge in [-0.1, -0.05) is 0 Å². The zero-order valence-corrected chi connectivity index (χ0v) is 14.4. The van der Waals surface area contributed by atoms with Crippen molar-refractivity contribution in [3.8, 4) is 22.8 Å². The third-order valence-corrected chi connectivity index (χ3v) is 4.63. The second-order valence-electron chi connectivity index (χ2n) is 6.32. The minimum Gasteiger partial charge on any atom is -0.493 e. The topological polar surface area (TPSA) is 86.0 Å². The highest BCUT2D eigenvalue weighted by atomic mass is 16.5. The Balaban J connectivity index is 1.77. The molecule has 3 aromatic rings. The van der Waals surface area contributed by atoms with Gasteiger partial charge in [0.15, 0.2) is 22.8 Å². The van der Waals surface area contributed by atoms with Crippen molar-refractivity contribution in [3.63, 3.8) is 0 Å². The van der Waals surface area contributed by atoms with E-state index in [1.807, 2.05) is 18.2 Å². The highest BCUT2D eigenvalue weighted by Crippen LogP contribution is 2.35. The predicted octanol–water partition coefficient (Wildman–Crippen LogP) is 3.42. The number of carboxylic acids is 1. The van der Waals surface area contributed by atoms with Crippen LogP contribution in [0.15, 0.2) is 36.5 Å². The Kier molecular flexibility index (Phi) is 4.20. The van der Waals surface area contributed by atoms with E-state index in [0.29, 0.717) is 17.1 Å². The number of fused-ring (bicyclic) bond motifs is 1. The van der Waals surface area contributed by atoms with Crippen LogP contribution in [-0.4, -0.2) is 38.9 Å². The van der Waals surface area contributed by atoms with Crippen LogP contribution in [0.5, 0.6) is 11.5 Å². The van der Waals surface area contributed by atoms with Gasteiger partial charge in [0.25, 0.3) is 0 Å². The first-order valence-corrected chi connectivity index (χ1v) is 8.59.